The highest BCUT2D eigenvalue weighted by atomic mass is 79.9. The molecule has 110 valence electrons. The van der Waals surface area contributed by atoms with Gasteiger partial charge >= 0.3 is 0 Å². The highest BCUT2D eigenvalue weighted by Gasteiger charge is 2.17. The zero-order valence-electron chi connectivity index (χ0n) is 11.7. The molecule has 1 N–H and O–H groups in total. The molecule has 0 unspecified atom stereocenters. The molecule has 0 radical (unpaired) electrons. The van der Waals surface area contributed by atoms with Crippen molar-refractivity contribution in [1.29, 1.82) is 0 Å². The maximum Gasteiger partial charge on any atom is 0.196 e. The summed E-state index contributed by atoms with van der Waals surface area (Å²) >= 11 is 3.36. The van der Waals surface area contributed by atoms with Gasteiger partial charge in [0.15, 0.2) is 5.43 Å². The summed E-state index contributed by atoms with van der Waals surface area (Å²) in [5, 5.41) is 10.6. The molecule has 0 saturated carbocycles. The Balaban J connectivity index is 2.41. The van der Waals surface area contributed by atoms with Gasteiger partial charge < -0.3 is 9.52 Å². The number of allylic oxidation sites excluding steroid dienone is 1. The monoisotopic (exact) mass is 356 g/mol. The molecule has 0 aliphatic rings. The van der Waals surface area contributed by atoms with Crippen molar-refractivity contribution in [3.05, 3.63) is 75.4 Å². The van der Waals surface area contributed by atoms with Gasteiger partial charge in [0, 0.05) is 10.0 Å². The van der Waals surface area contributed by atoms with Gasteiger partial charge in [0.05, 0.1) is 10.9 Å². The van der Waals surface area contributed by atoms with Crippen LogP contribution in [0.4, 0.5) is 0 Å². The van der Waals surface area contributed by atoms with E-state index >= 15 is 0 Å². The Labute approximate surface area is 135 Å². The van der Waals surface area contributed by atoms with Crippen LogP contribution < -0.4 is 5.43 Å². The molecule has 1 heterocycles. The molecule has 4 heteroatoms. The van der Waals surface area contributed by atoms with Crippen molar-refractivity contribution in [1.82, 2.24) is 0 Å². The second kappa shape index (κ2) is 5.81. The molecule has 0 fully saturated rings. The van der Waals surface area contributed by atoms with Crippen molar-refractivity contribution in [2.45, 2.75) is 6.42 Å². The van der Waals surface area contributed by atoms with Crippen LogP contribution in [-0.2, 0) is 6.42 Å². The number of rotatable bonds is 3. The van der Waals surface area contributed by atoms with Crippen LogP contribution in [0, 0.1) is 0 Å². The molecule has 0 spiro atoms. The molecule has 0 aliphatic heterocycles. The summed E-state index contributed by atoms with van der Waals surface area (Å²) in [7, 11) is 0. The van der Waals surface area contributed by atoms with Crippen LogP contribution in [0.15, 0.2) is 68.8 Å². The molecule has 0 aliphatic carbocycles. The van der Waals surface area contributed by atoms with Crippen LogP contribution in [0.1, 0.15) is 5.56 Å². The second-order valence-electron chi connectivity index (χ2n) is 4.89. The van der Waals surface area contributed by atoms with Crippen molar-refractivity contribution in [3.63, 3.8) is 0 Å². The minimum Gasteiger partial charge on any atom is -0.507 e. The van der Waals surface area contributed by atoms with Crippen LogP contribution in [0.3, 0.4) is 0 Å². The zero-order valence-corrected chi connectivity index (χ0v) is 13.3. The number of phenols is 1. The van der Waals surface area contributed by atoms with E-state index in [-0.39, 0.29) is 11.2 Å². The molecule has 3 nitrogen and oxygen atoms in total. The molecular formula is C18H13BrO3. The van der Waals surface area contributed by atoms with Gasteiger partial charge in [-0.05, 0) is 36.8 Å². The summed E-state index contributed by atoms with van der Waals surface area (Å²) in [6, 6.07) is 12.1. The summed E-state index contributed by atoms with van der Waals surface area (Å²) in [5.41, 5.74) is 1.36. The van der Waals surface area contributed by atoms with Gasteiger partial charge in [-0.3, -0.25) is 4.79 Å². The van der Waals surface area contributed by atoms with Crippen LogP contribution in [0.2, 0.25) is 0 Å². The van der Waals surface area contributed by atoms with E-state index in [1.54, 1.807) is 42.5 Å². The van der Waals surface area contributed by atoms with Gasteiger partial charge in [-0.15, -0.1) is 6.58 Å². The maximum atomic E-state index is 12.8. The van der Waals surface area contributed by atoms with Crippen LogP contribution in [0.25, 0.3) is 22.3 Å². The number of hydrogen-bond donors (Lipinski definition) is 1. The molecule has 3 aromatic rings. The van der Waals surface area contributed by atoms with Crippen LogP contribution in [0.5, 0.6) is 5.75 Å². The highest BCUT2D eigenvalue weighted by Crippen LogP contribution is 2.33. The average Bonchev–Trinajstić information content (AvgIpc) is 2.51. The second-order valence-corrected chi connectivity index (χ2v) is 5.80. The Morgan fingerprint density at radius 3 is 2.73 bits per heavy atom. The van der Waals surface area contributed by atoms with Gasteiger partial charge in [0.25, 0.3) is 0 Å². The Kier molecular flexibility index (Phi) is 3.86. The highest BCUT2D eigenvalue weighted by molar-refractivity contribution is 9.10. The lowest BCUT2D eigenvalue weighted by Gasteiger charge is -2.10. The van der Waals surface area contributed by atoms with Gasteiger partial charge in [-0.25, -0.2) is 0 Å². The van der Waals surface area contributed by atoms with Gasteiger partial charge in [0.1, 0.15) is 17.1 Å². The largest absolute Gasteiger partial charge is 0.507 e. The van der Waals surface area contributed by atoms with E-state index in [2.05, 4.69) is 22.5 Å². The van der Waals surface area contributed by atoms with Gasteiger partial charge in [0.2, 0.25) is 0 Å². The number of aromatic hydroxyl groups is 1. The fourth-order valence-corrected chi connectivity index (χ4v) is 2.78. The standard InChI is InChI=1S/C18H13BrO3/c1-2-5-13-17(21)14-10-11(19)8-9-16(14)22-18(13)12-6-3-4-7-15(12)20/h2-4,6-10,20H,1,5H2. The third-order valence-electron chi connectivity index (χ3n) is 3.44. The quantitative estimate of drug-likeness (QED) is 0.694. The van der Waals surface area contributed by atoms with Crippen molar-refractivity contribution in [2.24, 2.45) is 0 Å². The molecule has 0 atom stereocenters. The Hall–Kier alpha value is -2.33. The first-order valence-electron chi connectivity index (χ1n) is 6.76. The minimum atomic E-state index is -0.110. The number of phenolic OH excluding ortho intramolecular Hbond substituents is 1. The fraction of sp³-hybridized carbons (Fsp3) is 0.0556. The van der Waals surface area contributed by atoms with E-state index in [0.29, 0.717) is 34.3 Å². The Morgan fingerprint density at radius 1 is 1.23 bits per heavy atom. The summed E-state index contributed by atoms with van der Waals surface area (Å²) < 4.78 is 6.73. The maximum absolute atomic E-state index is 12.8. The third-order valence-corrected chi connectivity index (χ3v) is 3.94. The number of hydrogen-bond acceptors (Lipinski definition) is 3. The van der Waals surface area contributed by atoms with E-state index in [9.17, 15) is 9.90 Å². The molecule has 0 bridgehead atoms. The molecule has 3 rings (SSSR count). The van der Waals surface area contributed by atoms with E-state index in [4.69, 9.17) is 4.42 Å². The van der Waals surface area contributed by atoms with Crippen LogP contribution in [-0.4, -0.2) is 5.11 Å². The first-order chi connectivity index (χ1) is 10.6. The zero-order chi connectivity index (χ0) is 15.7. The first-order valence-corrected chi connectivity index (χ1v) is 7.55. The SMILES string of the molecule is C=CCc1c(-c2ccccc2O)oc2ccc(Br)cc2c1=O. The molecule has 0 saturated heterocycles. The number of fused-ring (bicyclic) bond motifs is 1. The molecular weight excluding hydrogens is 344 g/mol. The lowest BCUT2D eigenvalue weighted by atomic mass is 10.0. The summed E-state index contributed by atoms with van der Waals surface area (Å²) in [5.74, 6) is 0.463. The molecule has 0 amide bonds. The third kappa shape index (κ3) is 2.46. The van der Waals surface area contributed by atoms with E-state index in [0.717, 1.165) is 4.47 Å². The normalized spacial score (nSPS) is 10.8. The van der Waals surface area contributed by atoms with E-state index in [1.807, 2.05) is 6.07 Å². The summed E-state index contributed by atoms with van der Waals surface area (Å²) in [6.07, 6.45) is 2.02. The predicted molar refractivity (Wildman–Crippen MR) is 91.2 cm³/mol. The molecule has 22 heavy (non-hydrogen) atoms. The summed E-state index contributed by atoms with van der Waals surface area (Å²) in [6.45, 7) is 3.70. The number of para-hydroxylation sites is 1. The smallest absolute Gasteiger partial charge is 0.196 e. The first kappa shape index (κ1) is 14.6. The Morgan fingerprint density at radius 2 is 2.00 bits per heavy atom. The Bertz CT molecular complexity index is 925. The average molecular weight is 357 g/mol. The van der Waals surface area contributed by atoms with E-state index < -0.39 is 0 Å². The lowest BCUT2D eigenvalue weighted by Crippen LogP contribution is -2.10. The lowest BCUT2D eigenvalue weighted by molar-refractivity contribution is 0.474. The summed E-state index contributed by atoms with van der Waals surface area (Å²) in [4.78, 5) is 12.8. The number of benzene rings is 2. The fourth-order valence-electron chi connectivity index (χ4n) is 2.42. The number of halogens is 1. The van der Waals surface area contributed by atoms with Crippen LogP contribution >= 0.6 is 15.9 Å². The van der Waals surface area contributed by atoms with Crippen molar-refractivity contribution >= 4 is 26.9 Å². The minimum absolute atomic E-state index is 0.0763. The van der Waals surface area contributed by atoms with Crippen molar-refractivity contribution in [2.75, 3.05) is 0 Å². The van der Waals surface area contributed by atoms with Gasteiger partial charge in [-0.1, -0.05) is 34.1 Å². The van der Waals surface area contributed by atoms with Crippen molar-refractivity contribution in [3.8, 4) is 17.1 Å². The molecule has 1 aromatic heterocycles. The van der Waals surface area contributed by atoms with Crippen molar-refractivity contribution < 1.29 is 9.52 Å². The topological polar surface area (TPSA) is 50.4 Å². The predicted octanol–water partition coefficient (Wildman–Crippen LogP) is 4.66. The molecule has 2 aromatic carbocycles. The van der Waals surface area contributed by atoms with Gasteiger partial charge in [-0.2, -0.15) is 0 Å². The van der Waals surface area contributed by atoms with E-state index in [1.165, 1.54) is 0 Å².